The van der Waals surface area contributed by atoms with Crippen molar-refractivity contribution in [3.05, 3.63) is 29.8 Å². The third-order valence-corrected chi connectivity index (χ3v) is 2.63. The van der Waals surface area contributed by atoms with Crippen molar-refractivity contribution in [2.75, 3.05) is 25.1 Å². The number of esters is 1. The van der Waals surface area contributed by atoms with Crippen molar-refractivity contribution in [2.24, 2.45) is 0 Å². The molecule has 0 fully saturated rings. The van der Waals surface area contributed by atoms with Crippen molar-refractivity contribution >= 4 is 11.7 Å². The lowest BCUT2D eigenvalue weighted by Crippen LogP contribution is -2.22. The second-order valence-corrected chi connectivity index (χ2v) is 4.22. The largest absolute Gasteiger partial charge is 0.466 e. The zero-order valence-corrected chi connectivity index (χ0v) is 11.1. The lowest BCUT2D eigenvalue weighted by Gasteiger charge is -2.10. The summed E-state index contributed by atoms with van der Waals surface area (Å²) >= 11 is 0. The SMILES string of the molecule is CCOC(=O)CCc1ccc(NCC(O)CO)cc1. The molecule has 0 bridgehead atoms. The summed E-state index contributed by atoms with van der Waals surface area (Å²) in [6.45, 7) is 2.25. The van der Waals surface area contributed by atoms with Gasteiger partial charge in [0.25, 0.3) is 0 Å². The van der Waals surface area contributed by atoms with E-state index in [4.69, 9.17) is 9.84 Å². The Kier molecular flexibility index (Phi) is 6.92. The number of carbonyl (C=O) groups excluding carboxylic acids is 1. The van der Waals surface area contributed by atoms with Crippen LogP contribution in [0.4, 0.5) is 5.69 Å². The van der Waals surface area contributed by atoms with Crippen LogP contribution in [0.3, 0.4) is 0 Å². The molecule has 0 aliphatic carbocycles. The molecule has 5 heteroatoms. The van der Waals surface area contributed by atoms with Crippen LogP contribution in [0.15, 0.2) is 24.3 Å². The number of rotatable bonds is 8. The minimum atomic E-state index is -0.761. The summed E-state index contributed by atoms with van der Waals surface area (Å²) < 4.78 is 4.86. The van der Waals surface area contributed by atoms with E-state index in [-0.39, 0.29) is 12.6 Å². The molecule has 0 amide bonds. The molecule has 0 saturated carbocycles. The molecule has 1 aromatic rings. The molecule has 1 rings (SSSR count). The van der Waals surface area contributed by atoms with Crippen molar-refractivity contribution in [3.63, 3.8) is 0 Å². The van der Waals surface area contributed by atoms with Crippen molar-refractivity contribution in [3.8, 4) is 0 Å². The third kappa shape index (κ3) is 6.22. The van der Waals surface area contributed by atoms with Gasteiger partial charge in [-0.25, -0.2) is 0 Å². The first-order valence-corrected chi connectivity index (χ1v) is 6.43. The van der Waals surface area contributed by atoms with Crippen molar-refractivity contribution in [2.45, 2.75) is 25.9 Å². The molecule has 1 atom stereocenters. The minimum absolute atomic E-state index is 0.184. The van der Waals surface area contributed by atoms with E-state index in [0.29, 0.717) is 26.0 Å². The van der Waals surface area contributed by atoms with Crippen molar-refractivity contribution in [1.82, 2.24) is 0 Å². The fourth-order valence-corrected chi connectivity index (χ4v) is 1.57. The topological polar surface area (TPSA) is 78.8 Å². The zero-order valence-electron chi connectivity index (χ0n) is 11.1. The highest BCUT2D eigenvalue weighted by molar-refractivity contribution is 5.69. The van der Waals surface area contributed by atoms with E-state index in [9.17, 15) is 9.90 Å². The van der Waals surface area contributed by atoms with Gasteiger partial charge in [-0.2, -0.15) is 0 Å². The van der Waals surface area contributed by atoms with Crippen LogP contribution in [0, 0.1) is 0 Å². The number of anilines is 1. The summed E-state index contributed by atoms with van der Waals surface area (Å²) in [5.41, 5.74) is 1.92. The number of hydrogen-bond acceptors (Lipinski definition) is 5. The van der Waals surface area contributed by atoms with Crippen LogP contribution in [0.1, 0.15) is 18.9 Å². The first-order valence-electron chi connectivity index (χ1n) is 6.43. The van der Waals surface area contributed by atoms with Crippen LogP contribution in [0.25, 0.3) is 0 Å². The van der Waals surface area contributed by atoms with E-state index < -0.39 is 6.10 Å². The highest BCUT2D eigenvalue weighted by Crippen LogP contribution is 2.11. The first-order chi connectivity index (χ1) is 9.15. The number of aryl methyl sites for hydroxylation is 1. The highest BCUT2D eigenvalue weighted by Gasteiger charge is 2.03. The smallest absolute Gasteiger partial charge is 0.306 e. The summed E-state index contributed by atoms with van der Waals surface area (Å²) in [7, 11) is 0. The summed E-state index contributed by atoms with van der Waals surface area (Å²) in [6.07, 6.45) is 0.269. The second kappa shape index (κ2) is 8.50. The van der Waals surface area contributed by atoms with E-state index in [1.807, 2.05) is 24.3 Å². The second-order valence-electron chi connectivity index (χ2n) is 4.22. The van der Waals surface area contributed by atoms with Gasteiger partial charge in [0.15, 0.2) is 0 Å². The first kappa shape index (κ1) is 15.5. The molecule has 19 heavy (non-hydrogen) atoms. The van der Waals surface area contributed by atoms with E-state index in [2.05, 4.69) is 5.32 Å². The fraction of sp³-hybridized carbons (Fsp3) is 0.500. The Balaban J connectivity index is 2.37. The molecule has 0 radical (unpaired) electrons. The standard InChI is InChI=1S/C14H21NO4/c1-2-19-14(18)8-5-11-3-6-12(7-4-11)15-9-13(17)10-16/h3-4,6-7,13,15-17H,2,5,8-10H2,1H3. The number of carbonyl (C=O) groups is 1. The van der Waals surface area contributed by atoms with E-state index in [1.165, 1.54) is 0 Å². The lowest BCUT2D eigenvalue weighted by atomic mass is 10.1. The van der Waals surface area contributed by atoms with Gasteiger partial charge in [-0.1, -0.05) is 12.1 Å². The number of ether oxygens (including phenoxy) is 1. The van der Waals surface area contributed by atoms with E-state index >= 15 is 0 Å². The molecule has 5 nitrogen and oxygen atoms in total. The molecule has 106 valence electrons. The zero-order chi connectivity index (χ0) is 14.1. The average Bonchev–Trinajstić information content (AvgIpc) is 2.44. The van der Waals surface area contributed by atoms with Gasteiger partial charge in [-0.05, 0) is 31.0 Å². The van der Waals surface area contributed by atoms with Crippen LogP contribution in [-0.2, 0) is 16.0 Å². The maximum absolute atomic E-state index is 11.2. The predicted molar refractivity (Wildman–Crippen MR) is 73.0 cm³/mol. The Morgan fingerprint density at radius 3 is 2.63 bits per heavy atom. The molecule has 0 heterocycles. The van der Waals surface area contributed by atoms with Crippen LogP contribution in [0.2, 0.25) is 0 Å². The van der Waals surface area contributed by atoms with Gasteiger partial charge in [0.1, 0.15) is 0 Å². The Hall–Kier alpha value is -1.59. The quantitative estimate of drug-likeness (QED) is 0.611. The Labute approximate surface area is 113 Å². The van der Waals surface area contributed by atoms with E-state index in [0.717, 1.165) is 11.3 Å². The number of nitrogens with one attached hydrogen (secondary N) is 1. The van der Waals surface area contributed by atoms with Gasteiger partial charge in [0.2, 0.25) is 0 Å². The Bertz CT molecular complexity index is 378. The number of aliphatic hydroxyl groups is 2. The Morgan fingerprint density at radius 2 is 2.05 bits per heavy atom. The summed E-state index contributed by atoms with van der Waals surface area (Å²) in [5.74, 6) is -0.184. The Morgan fingerprint density at radius 1 is 1.37 bits per heavy atom. The normalized spacial score (nSPS) is 11.9. The molecule has 0 aliphatic heterocycles. The minimum Gasteiger partial charge on any atom is -0.466 e. The van der Waals surface area contributed by atoms with Gasteiger partial charge in [-0.3, -0.25) is 4.79 Å². The molecule has 0 aromatic heterocycles. The molecule has 3 N–H and O–H groups in total. The summed E-state index contributed by atoms with van der Waals surface area (Å²) in [6, 6.07) is 7.61. The number of aliphatic hydroxyl groups excluding tert-OH is 2. The molecule has 1 unspecified atom stereocenters. The average molecular weight is 267 g/mol. The molecule has 0 aliphatic rings. The summed E-state index contributed by atoms with van der Waals surface area (Å²) in [4.78, 5) is 11.2. The van der Waals surface area contributed by atoms with Crippen LogP contribution >= 0.6 is 0 Å². The molecule has 0 saturated heterocycles. The molecular formula is C14H21NO4. The number of benzene rings is 1. The van der Waals surface area contributed by atoms with E-state index in [1.54, 1.807) is 6.92 Å². The van der Waals surface area contributed by atoms with Crippen LogP contribution < -0.4 is 5.32 Å². The monoisotopic (exact) mass is 267 g/mol. The molecule has 1 aromatic carbocycles. The van der Waals surface area contributed by atoms with Gasteiger partial charge >= 0.3 is 5.97 Å². The fourth-order valence-electron chi connectivity index (χ4n) is 1.57. The van der Waals surface area contributed by atoms with Crippen LogP contribution in [0.5, 0.6) is 0 Å². The predicted octanol–water partition coefficient (Wildman–Crippen LogP) is 0.947. The van der Waals surface area contributed by atoms with Gasteiger partial charge in [0.05, 0.1) is 19.3 Å². The summed E-state index contributed by atoms with van der Waals surface area (Å²) in [5, 5.41) is 20.9. The van der Waals surface area contributed by atoms with Gasteiger partial charge in [-0.15, -0.1) is 0 Å². The highest BCUT2D eigenvalue weighted by atomic mass is 16.5. The maximum Gasteiger partial charge on any atom is 0.306 e. The van der Waals surface area contributed by atoms with Gasteiger partial charge < -0.3 is 20.3 Å². The maximum atomic E-state index is 11.2. The lowest BCUT2D eigenvalue weighted by molar-refractivity contribution is -0.143. The molecule has 0 spiro atoms. The van der Waals surface area contributed by atoms with Gasteiger partial charge in [0, 0.05) is 18.7 Å². The van der Waals surface area contributed by atoms with Crippen molar-refractivity contribution in [1.29, 1.82) is 0 Å². The van der Waals surface area contributed by atoms with Crippen molar-refractivity contribution < 1.29 is 19.7 Å². The third-order valence-electron chi connectivity index (χ3n) is 2.63. The van der Waals surface area contributed by atoms with Crippen LogP contribution in [-0.4, -0.2) is 42.0 Å². The molecular weight excluding hydrogens is 246 g/mol. The number of hydrogen-bond donors (Lipinski definition) is 3.